The summed E-state index contributed by atoms with van der Waals surface area (Å²) in [5, 5.41) is 15.9. The molecular weight excluding hydrogens is 360 g/mol. The van der Waals surface area contributed by atoms with Crippen molar-refractivity contribution in [2.75, 3.05) is 6.79 Å². The SMILES string of the molecule is Cc1nc2n(c1C)N=C(c1ccc([N+](=O)[O-])cc1)c1cc3c(cc1C2)OCO3. The monoisotopic (exact) mass is 376 g/mol. The fourth-order valence-corrected chi connectivity index (χ4v) is 3.55. The number of rotatable bonds is 2. The molecule has 0 aliphatic carbocycles. The first-order valence-corrected chi connectivity index (χ1v) is 8.83. The van der Waals surface area contributed by atoms with Crippen LogP contribution in [0.4, 0.5) is 5.69 Å². The van der Waals surface area contributed by atoms with Gasteiger partial charge in [-0.2, -0.15) is 5.10 Å². The van der Waals surface area contributed by atoms with Gasteiger partial charge in [0.2, 0.25) is 6.79 Å². The number of nitro groups is 1. The van der Waals surface area contributed by atoms with Crippen LogP contribution in [0.15, 0.2) is 41.5 Å². The number of aryl methyl sites for hydroxylation is 1. The normalized spacial score (nSPS) is 14.1. The Morgan fingerprint density at radius 1 is 1.11 bits per heavy atom. The molecule has 0 spiro atoms. The molecule has 0 saturated heterocycles. The molecule has 8 nitrogen and oxygen atoms in total. The molecule has 1 aromatic heterocycles. The van der Waals surface area contributed by atoms with Crippen molar-refractivity contribution in [1.82, 2.24) is 9.66 Å². The number of hydrogen-bond acceptors (Lipinski definition) is 6. The highest BCUT2D eigenvalue weighted by Crippen LogP contribution is 2.37. The molecule has 3 aromatic rings. The summed E-state index contributed by atoms with van der Waals surface area (Å²) in [6.07, 6.45) is 0.598. The molecule has 2 aromatic carbocycles. The minimum Gasteiger partial charge on any atom is -0.454 e. The Kier molecular flexibility index (Phi) is 3.48. The highest BCUT2D eigenvalue weighted by atomic mass is 16.7. The fourth-order valence-electron chi connectivity index (χ4n) is 3.55. The van der Waals surface area contributed by atoms with Crippen LogP contribution in [0.2, 0.25) is 0 Å². The molecule has 5 rings (SSSR count). The predicted octanol–water partition coefficient (Wildman–Crippen LogP) is 3.34. The number of aromatic nitrogens is 2. The largest absolute Gasteiger partial charge is 0.454 e. The Bertz CT molecular complexity index is 1160. The van der Waals surface area contributed by atoms with Gasteiger partial charge in [0.05, 0.1) is 22.0 Å². The van der Waals surface area contributed by atoms with E-state index in [1.54, 1.807) is 12.1 Å². The van der Waals surface area contributed by atoms with E-state index in [9.17, 15) is 10.1 Å². The second-order valence-electron chi connectivity index (χ2n) is 6.80. The van der Waals surface area contributed by atoms with Gasteiger partial charge in [0, 0.05) is 29.7 Å². The van der Waals surface area contributed by atoms with Crippen LogP contribution in [-0.2, 0) is 6.42 Å². The molecule has 0 bridgehead atoms. The van der Waals surface area contributed by atoms with Gasteiger partial charge in [-0.3, -0.25) is 10.1 Å². The minimum absolute atomic E-state index is 0.0410. The zero-order valence-electron chi connectivity index (χ0n) is 15.3. The Morgan fingerprint density at radius 3 is 2.54 bits per heavy atom. The summed E-state index contributed by atoms with van der Waals surface area (Å²) in [6.45, 7) is 4.12. The fraction of sp³-hybridized carbons (Fsp3) is 0.200. The quantitative estimate of drug-likeness (QED) is 0.395. The van der Waals surface area contributed by atoms with Crippen LogP contribution in [0.25, 0.3) is 0 Å². The van der Waals surface area contributed by atoms with Crippen molar-refractivity contribution in [1.29, 1.82) is 0 Å². The first kappa shape index (κ1) is 16.5. The molecule has 140 valence electrons. The van der Waals surface area contributed by atoms with Gasteiger partial charge in [-0.1, -0.05) is 0 Å². The lowest BCUT2D eigenvalue weighted by Crippen LogP contribution is -2.08. The van der Waals surface area contributed by atoms with E-state index in [0.29, 0.717) is 23.6 Å². The Morgan fingerprint density at radius 2 is 1.82 bits per heavy atom. The van der Waals surface area contributed by atoms with E-state index < -0.39 is 4.92 Å². The summed E-state index contributed by atoms with van der Waals surface area (Å²) >= 11 is 0. The molecular formula is C20H16N4O4. The zero-order chi connectivity index (χ0) is 19.4. The highest BCUT2D eigenvalue weighted by Gasteiger charge is 2.26. The lowest BCUT2D eigenvalue weighted by molar-refractivity contribution is -0.384. The number of fused-ring (bicyclic) bond motifs is 3. The second-order valence-corrected chi connectivity index (χ2v) is 6.80. The number of nitrogens with zero attached hydrogens (tertiary/aromatic N) is 4. The van der Waals surface area contributed by atoms with Gasteiger partial charge >= 0.3 is 0 Å². The van der Waals surface area contributed by atoms with E-state index in [-0.39, 0.29) is 12.5 Å². The third-order valence-electron chi connectivity index (χ3n) is 5.14. The first-order valence-electron chi connectivity index (χ1n) is 8.83. The molecule has 0 unspecified atom stereocenters. The Labute approximate surface area is 160 Å². The lowest BCUT2D eigenvalue weighted by atomic mass is 9.95. The predicted molar refractivity (Wildman–Crippen MR) is 101 cm³/mol. The molecule has 2 aliphatic heterocycles. The smallest absolute Gasteiger partial charge is 0.269 e. The number of imidazole rings is 1. The highest BCUT2D eigenvalue weighted by molar-refractivity contribution is 6.14. The minimum atomic E-state index is -0.411. The average molecular weight is 376 g/mol. The van der Waals surface area contributed by atoms with Gasteiger partial charge in [0.15, 0.2) is 11.5 Å². The number of nitro benzene ring substituents is 1. The van der Waals surface area contributed by atoms with E-state index >= 15 is 0 Å². The van der Waals surface area contributed by atoms with Crippen LogP contribution >= 0.6 is 0 Å². The standard InChI is InChI=1S/C20H16N4O4/c1-11-12(2)23-19(21-11)8-14-7-17-18(28-10-27-17)9-16(14)20(22-23)13-3-5-15(6-4-13)24(25)26/h3-7,9H,8,10H2,1-2H3. The molecule has 8 heteroatoms. The van der Waals surface area contributed by atoms with Crippen molar-refractivity contribution in [2.45, 2.75) is 20.3 Å². The van der Waals surface area contributed by atoms with Crippen molar-refractivity contribution >= 4 is 11.4 Å². The lowest BCUT2D eigenvalue weighted by Gasteiger charge is -2.11. The summed E-state index contributed by atoms with van der Waals surface area (Å²) < 4.78 is 12.9. The molecule has 3 heterocycles. The summed E-state index contributed by atoms with van der Waals surface area (Å²) in [4.78, 5) is 15.3. The van der Waals surface area contributed by atoms with Crippen molar-refractivity contribution in [3.05, 3.63) is 80.4 Å². The van der Waals surface area contributed by atoms with Crippen molar-refractivity contribution in [2.24, 2.45) is 5.10 Å². The maximum atomic E-state index is 11.0. The summed E-state index contributed by atoms with van der Waals surface area (Å²) in [5.74, 6) is 2.21. The van der Waals surface area contributed by atoms with Crippen LogP contribution in [0, 0.1) is 24.0 Å². The molecule has 0 N–H and O–H groups in total. The number of ether oxygens (including phenoxy) is 2. The topological polar surface area (TPSA) is 91.8 Å². The maximum Gasteiger partial charge on any atom is 0.269 e. The van der Waals surface area contributed by atoms with Gasteiger partial charge in [-0.25, -0.2) is 9.66 Å². The van der Waals surface area contributed by atoms with E-state index in [1.165, 1.54) is 12.1 Å². The van der Waals surface area contributed by atoms with Crippen molar-refractivity contribution < 1.29 is 14.4 Å². The van der Waals surface area contributed by atoms with Gasteiger partial charge in [-0.05, 0) is 43.7 Å². The van der Waals surface area contributed by atoms with E-state index in [1.807, 2.05) is 30.7 Å². The van der Waals surface area contributed by atoms with Crippen molar-refractivity contribution in [3.63, 3.8) is 0 Å². The number of benzene rings is 2. The summed E-state index contributed by atoms with van der Waals surface area (Å²) in [7, 11) is 0. The molecule has 0 fully saturated rings. The third kappa shape index (κ3) is 2.45. The summed E-state index contributed by atoms with van der Waals surface area (Å²) in [5.41, 5.74) is 5.34. The van der Waals surface area contributed by atoms with Gasteiger partial charge in [-0.15, -0.1) is 0 Å². The van der Waals surface area contributed by atoms with Crippen LogP contribution in [0.5, 0.6) is 11.5 Å². The maximum absolute atomic E-state index is 11.0. The molecule has 2 aliphatic rings. The number of hydrogen-bond donors (Lipinski definition) is 0. The molecule has 28 heavy (non-hydrogen) atoms. The first-order chi connectivity index (χ1) is 13.5. The van der Waals surface area contributed by atoms with E-state index in [2.05, 4.69) is 4.98 Å². The van der Waals surface area contributed by atoms with E-state index in [0.717, 1.165) is 33.9 Å². The Hall–Kier alpha value is -3.68. The average Bonchev–Trinajstić information content (AvgIpc) is 3.19. The van der Waals surface area contributed by atoms with Crippen molar-refractivity contribution in [3.8, 4) is 11.5 Å². The van der Waals surface area contributed by atoms with Crippen LogP contribution < -0.4 is 9.47 Å². The van der Waals surface area contributed by atoms with Gasteiger partial charge < -0.3 is 9.47 Å². The van der Waals surface area contributed by atoms with Crippen LogP contribution in [-0.4, -0.2) is 27.1 Å². The third-order valence-corrected chi connectivity index (χ3v) is 5.14. The van der Waals surface area contributed by atoms with Crippen LogP contribution in [0.3, 0.4) is 0 Å². The summed E-state index contributed by atoms with van der Waals surface area (Å²) in [6, 6.07) is 10.3. The molecule has 0 radical (unpaired) electrons. The van der Waals surface area contributed by atoms with Gasteiger partial charge in [0.25, 0.3) is 5.69 Å². The molecule has 0 saturated carbocycles. The van der Waals surface area contributed by atoms with Gasteiger partial charge in [0.1, 0.15) is 5.82 Å². The van der Waals surface area contributed by atoms with Crippen LogP contribution in [0.1, 0.15) is 33.9 Å². The van der Waals surface area contributed by atoms with E-state index in [4.69, 9.17) is 14.6 Å². The molecule has 0 amide bonds. The number of non-ortho nitro benzene ring substituents is 1. The zero-order valence-corrected chi connectivity index (χ0v) is 15.3. The second kappa shape index (κ2) is 5.91. The Balaban J connectivity index is 1.75. The molecule has 0 atom stereocenters.